The topological polar surface area (TPSA) is 68.2 Å². The second-order valence-corrected chi connectivity index (χ2v) is 7.61. The number of pyridine rings is 1. The monoisotopic (exact) mass is 401 g/mol. The number of halogens is 3. The van der Waals surface area contributed by atoms with Crippen molar-refractivity contribution in [3.05, 3.63) is 54.6 Å². The number of imidazole rings is 1. The predicted octanol–water partition coefficient (Wildman–Crippen LogP) is 5.28. The van der Waals surface area contributed by atoms with Crippen LogP contribution in [0.5, 0.6) is 0 Å². The van der Waals surface area contributed by atoms with E-state index in [0.717, 1.165) is 22.7 Å². The van der Waals surface area contributed by atoms with Crippen LogP contribution in [0.25, 0.3) is 28.3 Å². The number of aromatic nitrogens is 4. The smallest absolute Gasteiger partial charge is 0.365 e. The third-order valence-corrected chi connectivity index (χ3v) is 4.11. The molecule has 3 aromatic heterocycles. The third-order valence-electron chi connectivity index (χ3n) is 4.11. The van der Waals surface area contributed by atoms with Crippen LogP contribution < -0.4 is 5.32 Å². The molecule has 0 fully saturated rings. The zero-order valence-corrected chi connectivity index (χ0v) is 15.9. The molecule has 1 N–H and O–H groups in total. The van der Waals surface area contributed by atoms with Crippen molar-refractivity contribution in [3.8, 4) is 22.6 Å². The fourth-order valence-corrected chi connectivity index (χ4v) is 2.90. The summed E-state index contributed by atoms with van der Waals surface area (Å²) in [5.41, 5.74) is 2.55. The number of fused-ring (bicyclic) bond motifs is 1. The Bertz CT molecular complexity index is 1150. The largest absolute Gasteiger partial charge is 0.471 e. The van der Waals surface area contributed by atoms with Crippen molar-refractivity contribution < 1.29 is 17.7 Å². The van der Waals surface area contributed by atoms with Crippen molar-refractivity contribution in [2.45, 2.75) is 32.5 Å². The highest BCUT2D eigenvalue weighted by atomic mass is 19.4. The van der Waals surface area contributed by atoms with Gasteiger partial charge in [0.05, 0.1) is 0 Å². The summed E-state index contributed by atoms with van der Waals surface area (Å²) < 4.78 is 44.3. The fraction of sp³-hybridized carbons (Fsp3) is 0.250. The van der Waals surface area contributed by atoms with Crippen molar-refractivity contribution in [2.24, 2.45) is 0 Å². The molecule has 0 amide bonds. The van der Waals surface area contributed by atoms with Crippen molar-refractivity contribution in [3.63, 3.8) is 0 Å². The van der Waals surface area contributed by atoms with Crippen LogP contribution in [-0.2, 0) is 6.18 Å². The minimum absolute atomic E-state index is 0.119. The summed E-state index contributed by atoms with van der Waals surface area (Å²) in [6.07, 6.45) is -2.75. The average molecular weight is 401 g/mol. The molecule has 0 bridgehead atoms. The molecule has 4 aromatic rings. The molecule has 0 aliphatic rings. The molecule has 0 atom stereocenters. The first-order chi connectivity index (χ1) is 13.6. The van der Waals surface area contributed by atoms with Gasteiger partial charge in [-0.25, -0.2) is 4.98 Å². The third kappa shape index (κ3) is 3.80. The van der Waals surface area contributed by atoms with Gasteiger partial charge in [0.2, 0.25) is 5.82 Å². The quantitative estimate of drug-likeness (QED) is 0.506. The van der Waals surface area contributed by atoms with E-state index in [1.807, 2.05) is 28.8 Å². The first-order valence-corrected chi connectivity index (χ1v) is 8.89. The summed E-state index contributed by atoms with van der Waals surface area (Å²) in [5.74, 6) is -0.653. The number of anilines is 1. The van der Waals surface area contributed by atoms with E-state index >= 15 is 0 Å². The number of nitrogens with zero attached hydrogens (tertiary/aromatic N) is 4. The van der Waals surface area contributed by atoms with Gasteiger partial charge in [0.15, 0.2) is 0 Å². The normalized spacial score (nSPS) is 12.5. The van der Waals surface area contributed by atoms with Crippen LogP contribution in [0.4, 0.5) is 19.0 Å². The van der Waals surface area contributed by atoms with E-state index in [1.165, 1.54) is 0 Å². The maximum atomic E-state index is 12.7. The molecule has 3 heterocycles. The van der Waals surface area contributed by atoms with Crippen molar-refractivity contribution in [1.82, 2.24) is 19.5 Å². The summed E-state index contributed by atoms with van der Waals surface area (Å²) in [4.78, 5) is 8.13. The Hall–Kier alpha value is -3.36. The Morgan fingerprint density at radius 2 is 1.62 bits per heavy atom. The first-order valence-electron chi connectivity index (χ1n) is 8.89. The molecule has 0 radical (unpaired) electrons. The van der Waals surface area contributed by atoms with Crippen LogP contribution in [0, 0.1) is 0 Å². The summed E-state index contributed by atoms with van der Waals surface area (Å²) in [6.45, 7) is 6.16. The lowest BCUT2D eigenvalue weighted by Crippen LogP contribution is -2.27. The number of hydrogen-bond acceptors (Lipinski definition) is 5. The molecule has 0 aliphatic carbocycles. The summed E-state index contributed by atoms with van der Waals surface area (Å²) >= 11 is 0. The van der Waals surface area contributed by atoms with E-state index in [-0.39, 0.29) is 11.4 Å². The lowest BCUT2D eigenvalue weighted by atomic mass is 10.1. The van der Waals surface area contributed by atoms with E-state index in [4.69, 9.17) is 4.98 Å². The number of nitrogens with one attached hydrogen (secondary N) is 1. The summed E-state index contributed by atoms with van der Waals surface area (Å²) in [7, 11) is 0. The molecule has 150 valence electrons. The summed E-state index contributed by atoms with van der Waals surface area (Å²) in [5, 5.41) is 6.89. The number of hydrogen-bond donors (Lipinski definition) is 1. The van der Waals surface area contributed by atoms with Crippen LogP contribution in [0.1, 0.15) is 26.7 Å². The van der Waals surface area contributed by atoms with Gasteiger partial charge < -0.3 is 9.84 Å². The molecule has 1 aromatic carbocycles. The Balaban J connectivity index is 1.73. The molecule has 0 saturated heterocycles. The van der Waals surface area contributed by atoms with Gasteiger partial charge in [0, 0.05) is 22.9 Å². The standard InChI is InChI=1S/C20H18F3N5O/c1-19(2,3)26-17-15(24-14-6-4-5-11-28(14)17)12-7-9-13(10-8-12)16-25-18(29-27-16)20(21,22)23/h4-11,26H,1-3H3. The lowest BCUT2D eigenvalue weighted by molar-refractivity contribution is -0.159. The second kappa shape index (κ2) is 6.61. The van der Waals surface area contributed by atoms with Crippen LogP contribution in [-0.4, -0.2) is 25.1 Å². The molecular formula is C20H18F3N5O. The van der Waals surface area contributed by atoms with Crippen molar-refractivity contribution in [1.29, 1.82) is 0 Å². The molecule has 0 spiro atoms. The number of alkyl halides is 3. The lowest BCUT2D eigenvalue weighted by Gasteiger charge is -2.22. The van der Waals surface area contributed by atoms with Gasteiger partial charge >= 0.3 is 12.1 Å². The molecule has 0 aliphatic heterocycles. The minimum atomic E-state index is -4.67. The Morgan fingerprint density at radius 1 is 0.931 bits per heavy atom. The van der Waals surface area contributed by atoms with Crippen LogP contribution in [0.15, 0.2) is 53.2 Å². The van der Waals surface area contributed by atoms with Gasteiger partial charge in [-0.1, -0.05) is 35.5 Å². The minimum Gasteiger partial charge on any atom is -0.365 e. The van der Waals surface area contributed by atoms with Gasteiger partial charge in [-0.15, -0.1) is 0 Å². The zero-order valence-electron chi connectivity index (χ0n) is 15.9. The van der Waals surface area contributed by atoms with Crippen LogP contribution in [0.3, 0.4) is 0 Å². The Labute approximate surface area is 164 Å². The second-order valence-electron chi connectivity index (χ2n) is 7.61. The average Bonchev–Trinajstić information content (AvgIpc) is 3.27. The van der Waals surface area contributed by atoms with Crippen LogP contribution >= 0.6 is 0 Å². The summed E-state index contributed by atoms with van der Waals surface area (Å²) in [6, 6.07) is 12.6. The number of rotatable bonds is 3. The molecule has 6 nitrogen and oxygen atoms in total. The highest BCUT2D eigenvalue weighted by Crippen LogP contribution is 2.33. The molecule has 4 rings (SSSR count). The van der Waals surface area contributed by atoms with E-state index < -0.39 is 12.1 Å². The Morgan fingerprint density at radius 3 is 2.24 bits per heavy atom. The van der Waals surface area contributed by atoms with E-state index in [2.05, 4.69) is 40.8 Å². The van der Waals surface area contributed by atoms with Gasteiger partial charge in [0.1, 0.15) is 17.2 Å². The molecule has 0 unspecified atom stereocenters. The number of benzene rings is 1. The molecule has 29 heavy (non-hydrogen) atoms. The van der Waals surface area contributed by atoms with Gasteiger partial charge in [-0.3, -0.25) is 4.40 Å². The highest BCUT2D eigenvalue weighted by molar-refractivity contribution is 5.78. The first kappa shape index (κ1) is 19.0. The highest BCUT2D eigenvalue weighted by Gasteiger charge is 2.38. The van der Waals surface area contributed by atoms with Crippen molar-refractivity contribution >= 4 is 11.5 Å². The van der Waals surface area contributed by atoms with Gasteiger partial charge in [0.25, 0.3) is 0 Å². The van der Waals surface area contributed by atoms with Crippen LogP contribution in [0.2, 0.25) is 0 Å². The maximum absolute atomic E-state index is 12.7. The SMILES string of the molecule is CC(C)(C)Nc1c(-c2ccc(-c3noc(C(F)(F)F)n3)cc2)nc2ccccn12. The zero-order chi connectivity index (χ0) is 20.8. The predicted molar refractivity (Wildman–Crippen MR) is 102 cm³/mol. The molecule has 0 saturated carbocycles. The maximum Gasteiger partial charge on any atom is 0.471 e. The fourth-order valence-electron chi connectivity index (χ4n) is 2.90. The molecule has 9 heteroatoms. The van der Waals surface area contributed by atoms with Gasteiger partial charge in [-0.05, 0) is 32.9 Å². The van der Waals surface area contributed by atoms with E-state index in [0.29, 0.717) is 5.56 Å². The van der Waals surface area contributed by atoms with E-state index in [9.17, 15) is 13.2 Å². The van der Waals surface area contributed by atoms with E-state index in [1.54, 1.807) is 24.3 Å². The Kier molecular flexibility index (Phi) is 4.33. The molecular weight excluding hydrogens is 383 g/mol. The van der Waals surface area contributed by atoms with Crippen molar-refractivity contribution in [2.75, 3.05) is 5.32 Å². The van der Waals surface area contributed by atoms with Gasteiger partial charge in [-0.2, -0.15) is 18.2 Å².